The molecule has 0 spiro atoms. The van der Waals surface area contributed by atoms with Gasteiger partial charge in [0.15, 0.2) is 6.04 Å². The number of carbonyl (C=O) groups excluding carboxylic acids is 2. The number of benzene rings is 2. The van der Waals surface area contributed by atoms with Crippen LogP contribution in [0.25, 0.3) is 0 Å². The highest BCUT2D eigenvalue weighted by atomic mass is 35.5. The smallest absolute Gasteiger partial charge is 0.281 e. The quantitative estimate of drug-likeness (QED) is 0.792. The van der Waals surface area contributed by atoms with E-state index in [1.165, 1.54) is 5.01 Å². The van der Waals surface area contributed by atoms with Crippen molar-refractivity contribution in [3.8, 4) is 0 Å². The molecule has 1 saturated heterocycles. The zero-order chi connectivity index (χ0) is 21.3. The van der Waals surface area contributed by atoms with Crippen LogP contribution < -0.4 is 5.73 Å². The van der Waals surface area contributed by atoms with Crippen molar-refractivity contribution in [3.05, 3.63) is 70.7 Å². The highest BCUT2D eigenvalue weighted by Crippen LogP contribution is 2.38. The van der Waals surface area contributed by atoms with Gasteiger partial charge >= 0.3 is 0 Å². The fourth-order valence-corrected chi connectivity index (χ4v) is 4.59. The molecule has 2 unspecified atom stereocenters. The van der Waals surface area contributed by atoms with Gasteiger partial charge in [-0.3, -0.25) is 9.59 Å². The van der Waals surface area contributed by atoms with Crippen LogP contribution in [0.5, 0.6) is 0 Å². The third-order valence-electron chi connectivity index (χ3n) is 6.01. The molecule has 2 heterocycles. The third kappa shape index (κ3) is 3.85. The lowest BCUT2D eigenvalue weighted by Crippen LogP contribution is -2.70. The van der Waals surface area contributed by atoms with Crippen LogP contribution >= 0.6 is 11.6 Å². The molecule has 2 amide bonds. The van der Waals surface area contributed by atoms with Gasteiger partial charge in [-0.2, -0.15) is 5.10 Å². The molecule has 2 atom stereocenters. The molecule has 2 aromatic rings. The molecule has 4 rings (SSSR count). The molecule has 0 aromatic heterocycles. The van der Waals surface area contributed by atoms with Crippen molar-refractivity contribution >= 4 is 29.1 Å². The third-order valence-corrected chi connectivity index (χ3v) is 6.26. The number of piperidine rings is 1. The van der Waals surface area contributed by atoms with E-state index in [-0.39, 0.29) is 11.8 Å². The Kier molecular flexibility index (Phi) is 5.62. The van der Waals surface area contributed by atoms with Gasteiger partial charge in [0.25, 0.3) is 11.8 Å². The summed E-state index contributed by atoms with van der Waals surface area (Å²) in [6, 6.07) is 17.0. The standard InChI is InChI=1S/C23H25ClN4O2/c1-27-22(30)23(14-17-5-3-2-4-6-17)15-28(12-11-20(23)26-27)21(29)19(25)13-16-7-9-18(24)10-8-16/h2-10,19H,11-15,25H2,1H3/p+1. The fourth-order valence-electron chi connectivity index (χ4n) is 4.47. The maximum atomic E-state index is 13.2. The van der Waals surface area contributed by atoms with E-state index in [2.05, 4.69) is 10.8 Å². The van der Waals surface area contributed by atoms with Crippen LogP contribution in [0.3, 0.4) is 0 Å². The van der Waals surface area contributed by atoms with Gasteiger partial charge in [0.1, 0.15) is 5.41 Å². The van der Waals surface area contributed by atoms with Gasteiger partial charge in [0.05, 0.1) is 5.71 Å². The lowest BCUT2D eigenvalue weighted by molar-refractivity contribution is -0.405. The number of amides is 2. The van der Waals surface area contributed by atoms with Crippen LogP contribution in [-0.4, -0.2) is 53.6 Å². The van der Waals surface area contributed by atoms with Crippen molar-refractivity contribution < 1.29 is 15.3 Å². The van der Waals surface area contributed by atoms with Crippen LogP contribution in [0.1, 0.15) is 17.5 Å². The second-order valence-electron chi connectivity index (χ2n) is 8.16. The molecule has 7 heteroatoms. The molecule has 2 aliphatic rings. The Morgan fingerprint density at radius 3 is 2.57 bits per heavy atom. The number of hydrogen-bond donors (Lipinski definition) is 1. The molecule has 1 fully saturated rings. The number of halogens is 1. The Bertz CT molecular complexity index is 976. The van der Waals surface area contributed by atoms with Crippen molar-refractivity contribution in [2.45, 2.75) is 25.3 Å². The van der Waals surface area contributed by atoms with Gasteiger partial charge < -0.3 is 10.6 Å². The Morgan fingerprint density at radius 2 is 1.87 bits per heavy atom. The van der Waals surface area contributed by atoms with Gasteiger partial charge in [0, 0.05) is 38.0 Å². The van der Waals surface area contributed by atoms with E-state index in [0.29, 0.717) is 37.4 Å². The summed E-state index contributed by atoms with van der Waals surface area (Å²) in [5.74, 6) is -0.0732. The van der Waals surface area contributed by atoms with Crippen LogP contribution in [0.15, 0.2) is 59.7 Å². The molecule has 2 aliphatic heterocycles. The first-order chi connectivity index (χ1) is 14.4. The topological polar surface area (TPSA) is 80.6 Å². The summed E-state index contributed by atoms with van der Waals surface area (Å²) in [5.41, 5.74) is 6.28. The Morgan fingerprint density at radius 1 is 1.17 bits per heavy atom. The first-order valence-corrected chi connectivity index (χ1v) is 10.5. The largest absolute Gasteiger partial charge is 0.347 e. The number of hydrogen-bond acceptors (Lipinski definition) is 3. The molecular formula is C23H26ClN4O2+. The highest BCUT2D eigenvalue weighted by Gasteiger charge is 2.53. The van der Waals surface area contributed by atoms with E-state index in [0.717, 1.165) is 16.8 Å². The van der Waals surface area contributed by atoms with E-state index in [4.69, 9.17) is 11.6 Å². The number of likely N-dealkylation sites (tertiary alicyclic amines) is 1. The van der Waals surface area contributed by atoms with Gasteiger partial charge in [-0.25, -0.2) is 5.01 Å². The second-order valence-corrected chi connectivity index (χ2v) is 8.59. The van der Waals surface area contributed by atoms with E-state index >= 15 is 0 Å². The molecule has 0 bridgehead atoms. The Labute approximate surface area is 181 Å². The SMILES string of the molecule is CN1N=C2CCN(C(=O)C([NH3+])Cc3ccc(Cl)cc3)CC2(Cc2ccccc2)C1=O. The zero-order valence-corrected chi connectivity index (χ0v) is 17.8. The van der Waals surface area contributed by atoms with Crippen LogP contribution in [0.4, 0.5) is 0 Å². The minimum Gasteiger partial charge on any atom is -0.347 e. The summed E-state index contributed by atoms with van der Waals surface area (Å²) in [4.78, 5) is 28.2. The lowest BCUT2D eigenvalue weighted by Gasteiger charge is -2.39. The minimum atomic E-state index is -0.788. The molecule has 0 saturated carbocycles. The molecule has 0 aliphatic carbocycles. The van der Waals surface area contributed by atoms with E-state index in [1.807, 2.05) is 54.6 Å². The fraction of sp³-hybridized carbons (Fsp3) is 0.348. The Hall–Kier alpha value is -2.70. The summed E-state index contributed by atoms with van der Waals surface area (Å²) in [6.45, 7) is 0.900. The number of nitrogens with zero attached hydrogens (tertiary/aromatic N) is 3. The average molecular weight is 426 g/mol. The minimum absolute atomic E-state index is 0.0289. The van der Waals surface area contributed by atoms with Crippen molar-refractivity contribution in [1.29, 1.82) is 0 Å². The van der Waals surface area contributed by atoms with Crippen molar-refractivity contribution in [1.82, 2.24) is 9.91 Å². The molecule has 0 radical (unpaired) electrons. The van der Waals surface area contributed by atoms with E-state index in [9.17, 15) is 9.59 Å². The number of carbonyl (C=O) groups is 2. The number of fused-ring (bicyclic) bond motifs is 1. The summed E-state index contributed by atoms with van der Waals surface area (Å²) in [7, 11) is 1.69. The summed E-state index contributed by atoms with van der Waals surface area (Å²) < 4.78 is 0. The summed E-state index contributed by atoms with van der Waals surface area (Å²) >= 11 is 5.95. The van der Waals surface area contributed by atoms with E-state index < -0.39 is 11.5 Å². The predicted molar refractivity (Wildman–Crippen MR) is 116 cm³/mol. The molecule has 2 aromatic carbocycles. The van der Waals surface area contributed by atoms with Gasteiger partial charge in [-0.05, 0) is 29.7 Å². The number of rotatable bonds is 5. The second kappa shape index (κ2) is 8.20. The Balaban J connectivity index is 1.54. The number of hydrazone groups is 1. The summed E-state index contributed by atoms with van der Waals surface area (Å²) in [6.07, 6.45) is 1.67. The highest BCUT2D eigenvalue weighted by molar-refractivity contribution is 6.30. The molecule has 3 N–H and O–H groups in total. The molecular weight excluding hydrogens is 400 g/mol. The first-order valence-electron chi connectivity index (χ1n) is 10.2. The normalized spacial score (nSPS) is 22.0. The zero-order valence-electron chi connectivity index (χ0n) is 17.1. The maximum absolute atomic E-state index is 13.2. The maximum Gasteiger partial charge on any atom is 0.281 e. The van der Waals surface area contributed by atoms with Crippen LogP contribution in [-0.2, 0) is 22.4 Å². The molecule has 6 nitrogen and oxygen atoms in total. The van der Waals surface area contributed by atoms with E-state index in [1.54, 1.807) is 11.9 Å². The van der Waals surface area contributed by atoms with Crippen molar-refractivity contribution in [2.75, 3.05) is 20.1 Å². The van der Waals surface area contributed by atoms with Crippen molar-refractivity contribution in [3.63, 3.8) is 0 Å². The first kappa shape index (κ1) is 20.6. The monoisotopic (exact) mass is 425 g/mol. The van der Waals surface area contributed by atoms with Gasteiger partial charge in [0.2, 0.25) is 0 Å². The van der Waals surface area contributed by atoms with Crippen LogP contribution in [0.2, 0.25) is 5.02 Å². The van der Waals surface area contributed by atoms with Crippen molar-refractivity contribution in [2.24, 2.45) is 10.5 Å². The average Bonchev–Trinajstić information content (AvgIpc) is 2.99. The number of quaternary nitrogens is 1. The molecule has 156 valence electrons. The van der Waals surface area contributed by atoms with Crippen LogP contribution in [0, 0.1) is 5.41 Å². The van der Waals surface area contributed by atoms with Gasteiger partial charge in [-0.15, -0.1) is 0 Å². The lowest BCUT2D eigenvalue weighted by atomic mass is 9.73. The molecule has 30 heavy (non-hydrogen) atoms. The van der Waals surface area contributed by atoms with Gasteiger partial charge in [-0.1, -0.05) is 54.1 Å². The predicted octanol–water partition coefficient (Wildman–Crippen LogP) is 1.78. The summed E-state index contributed by atoms with van der Waals surface area (Å²) in [5, 5.41) is 6.61.